The average molecular weight is 343 g/mol. The highest BCUT2D eigenvalue weighted by atomic mass is 16.5. The van der Waals surface area contributed by atoms with Crippen molar-refractivity contribution in [3.05, 3.63) is 47.1 Å². The van der Waals surface area contributed by atoms with E-state index in [9.17, 15) is 0 Å². The first-order chi connectivity index (χ1) is 12.2. The standard InChI is InChI=1S/C18H25N5O2/c1-4-19-18(20-11-17-21-14(3)25-22-17)23-9-10-24-16(12-23)15-8-6-5-7-13(15)2/h5-8,16H,4,9-12H2,1-3H3,(H,19,20). The molecule has 1 aliphatic heterocycles. The zero-order chi connectivity index (χ0) is 17.6. The number of hydrogen-bond donors (Lipinski definition) is 1. The molecule has 0 radical (unpaired) electrons. The third kappa shape index (κ3) is 4.36. The van der Waals surface area contributed by atoms with Gasteiger partial charge in [-0.15, -0.1) is 0 Å². The van der Waals surface area contributed by atoms with Gasteiger partial charge in [-0.1, -0.05) is 29.4 Å². The summed E-state index contributed by atoms with van der Waals surface area (Å²) in [6.07, 6.45) is 0.0474. The number of aryl methyl sites for hydroxylation is 2. The predicted molar refractivity (Wildman–Crippen MR) is 95.3 cm³/mol. The number of morpholine rings is 1. The number of benzene rings is 1. The Morgan fingerprint density at radius 2 is 2.20 bits per heavy atom. The van der Waals surface area contributed by atoms with Crippen molar-refractivity contribution in [3.63, 3.8) is 0 Å². The molecule has 1 fully saturated rings. The van der Waals surface area contributed by atoms with E-state index in [4.69, 9.17) is 9.26 Å². The van der Waals surface area contributed by atoms with Gasteiger partial charge in [-0.3, -0.25) is 0 Å². The summed E-state index contributed by atoms with van der Waals surface area (Å²) in [5, 5.41) is 7.25. The van der Waals surface area contributed by atoms with E-state index >= 15 is 0 Å². The van der Waals surface area contributed by atoms with Gasteiger partial charge in [-0.2, -0.15) is 4.98 Å². The summed E-state index contributed by atoms with van der Waals surface area (Å²) in [6.45, 7) is 9.40. The molecule has 7 heteroatoms. The second kappa shape index (κ2) is 8.11. The molecule has 0 amide bonds. The number of ether oxygens (including phenoxy) is 1. The van der Waals surface area contributed by atoms with Gasteiger partial charge in [0.1, 0.15) is 12.6 Å². The van der Waals surface area contributed by atoms with E-state index in [2.05, 4.69) is 63.5 Å². The molecular formula is C18H25N5O2. The number of rotatable bonds is 4. The summed E-state index contributed by atoms with van der Waals surface area (Å²) >= 11 is 0. The molecule has 1 N–H and O–H groups in total. The van der Waals surface area contributed by atoms with Crippen molar-refractivity contribution < 1.29 is 9.26 Å². The monoisotopic (exact) mass is 343 g/mol. The van der Waals surface area contributed by atoms with Crippen LogP contribution in [0.5, 0.6) is 0 Å². The Balaban J connectivity index is 1.73. The minimum atomic E-state index is 0.0474. The molecule has 2 aromatic rings. The quantitative estimate of drug-likeness (QED) is 0.678. The maximum Gasteiger partial charge on any atom is 0.223 e. The zero-order valence-electron chi connectivity index (χ0n) is 15.0. The molecule has 2 heterocycles. The van der Waals surface area contributed by atoms with Crippen LogP contribution < -0.4 is 5.32 Å². The van der Waals surface area contributed by atoms with Crippen molar-refractivity contribution in [1.82, 2.24) is 20.4 Å². The molecule has 1 aromatic heterocycles. The molecule has 25 heavy (non-hydrogen) atoms. The minimum Gasteiger partial charge on any atom is -0.370 e. The van der Waals surface area contributed by atoms with Gasteiger partial charge in [0.15, 0.2) is 11.8 Å². The number of aromatic nitrogens is 2. The number of guanidine groups is 1. The molecule has 1 saturated heterocycles. The van der Waals surface area contributed by atoms with Gasteiger partial charge in [-0.05, 0) is 25.0 Å². The molecule has 1 aliphatic rings. The molecule has 0 aliphatic carbocycles. The van der Waals surface area contributed by atoms with Crippen molar-refractivity contribution >= 4 is 5.96 Å². The van der Waals surface area contributed by atoms with E-state index in [0.717, 1.165) is 25.6 Å². The van der Waals surface area contributed by atoms with Crippen LogP contribution in [0.25, 0.3) is 0 Å². The Labute approximate surface area is 148 Å². The van der Waals surface area contributed by atoms with Crippen LogP contribution >= 0.6 is 0 Å². The van der Waals surface area contributed by atoms with E-state index < -0.39 is 0 Å². The fourth-order valence-electron chi connectivity index (χ4n) is 2.95. The van der Waals surface area contributed by atoms with Gasteiger partial charge < -0.3 is 19.5 Å². The lowest BCUT2D eigenvalue weighted by molar-refractivity contribution is -0.00834. The number of nitrogens with zero attached hydrogens (tertiary/aromatic N) is 4. The van der Waals surface area contributed by atoms with Gasteiger partial charge >= 0.3 is 0 Å². The predicted octanol–water partition coefficient (Wildman–Crippen LogP) is 2.23. The first-order valence-corrected chi connectivity index (χ1v) is 8.67. The van der Waals surface area contributed by atoms with Gasteiger partial charge in [0.2, 0.25) is 5.89 Å². The summed E-state index contributed by atoms with van der Waals surface area (Å²) in [5.41, 5.74) is 2.48. The SMILES string of the molecule is CCNC(=NCc1noc(C)n1)N1CCOC(c2ccccc2C)C1. The fraction of sp³-hybridized carbons (Fsp3) is 0.500. The highest BCUT2D eigenvalue weighted by molar-refractivity contribution is 5.80. The average Bonchev–Trinajstić information content (AvgIpc) is 3.04. The number of aliphatic imine (C=N–C) groups is 1. The summed E-state index contributed by atoms with van der Waals surface area (Å²) < 4.78 is 11.0. The van der Waals surface area contributed by atoms with Crippen LogP contribution in [-0.2, 0) is 11.3 Å². The maximum absolute atomic E-state index is 6.01. The molecule has 1 atom stereocenters. The molecule has 7 nitrogen and oxygen atoms in total. The first kappa shape index (κ1) is 17.4. The Morgan fingerprint density at radius 1 is 1.36 bits per heavy atom. The highest BCUT2D eigenvalue weighted by Gasteiger charge is 2.25. The van der Waals surface area contributed by atoms with Crippen LogP contribution in [0.4, 0.5) is 0 Å². The lowest BCUT2D eigenvalue weighted by Gasteiger charge is -2.35. The molecule has 1 aromatic carbocycles. The lowest BCUT2D eigenvalue weighted by atomic mass is 10.0. The van der Waals surface area contributed by atoms with Crippen LogP contribution in [0.2, 0.25) is 0 Å². The van der Waals surface area contributed by atoms with E-state index in [1.54, 1.807) is 6.92 Å². The van der Waals surface area contributed by atoms with Crippen molar-refractivity contribution in [2.24, 2.45) is 4.99 Å². The summed E-state index contributed by atoms with van der Waals surface area (Å²) in [7, 11) is 0. The molecule has 0 spiro atoms. The Morgan fingerprint density at radius 3 is 2.92 bits per heavy atom. The summed E-state index contributed by atoms with van der Waals surface area (Å²) in [5.74, 6) is 2.00. The Kier molecular flexibility index (Phi) is 5.65. The number of hydrogen-bond acceptors (Lipinski definition) is 5. The van der Waals surface area contributed by atoms with Crippen molar-refractivity contribution in [2.75, 3.05) is 26.2 Å². The van der Waals surface area contributed by atoms with Crippen LogP contribution in [0, 0.1) is 13.8 Å². The Bertz CT molecular complexity index is 728. The lowest BCUT2D eigenvalue weighted by Crippen LogP contribution is -2.48. The second-order valence-electron chi connectivity index (χ2n) is 6.06. The van der Waals surface area contributed by atoms with E-state index in [-0.39, 0.29) is 6.10 Å². The topological polar surface area (TPSA) is 75.8 Å². The van der Waals surface area contributed by atoms with Crippen LogP contribution in [0.3, 0.4) is 0 Å². The third-order valence-electron chi connectivity index (χ3n) is 4.18. The van der Waals surface area contributed by atoms with Gasteiger partial charge in [0, 0.05) is 20.0 Å². The smallest absolute Gasteiger partial charge is 0.223 e. The minimum absolute atomic E-state index is 0.0474. The van der Waals surface area contributed by atoms with E-state index in [0.29, 0.717) is 24.9 Å². The van der Waals surface area contributed by atoms with E-state index in [1.165, 1.54) is 11.1 Å². The van der Waals surface area contributed by atoms with Gasteiger partial charge in [0.25, 0.3) is 0 Å². The van der Waals surface area contributed by atoms with Crippen LogP contribution in [-0.4, -0.2) is 47.2 Å². The maximum atomic E-state index is 6.01. The summed E-state index contributed by atoms with van der Waals surface area (Å²) in [6, 6.07) is 8.37. The van der Waals surface area contributed by atoms with Crippen LogP contribution in [0.1, 0.15) is 35.9 Å². The Hall–Kier alpha value is -2.41. The third-order valence-corrected chi connectivity index (χ3v) is 4.18. The second-order valence-corrected chi connectivity index (χ2v) is 6.06. The first-order valence-electron chi connectivity index (χ1n) is 8.67. The zero-order valence-corrected chi connectivity index (χ0v) is 15.0. The molecule has 3 rings (SSSR count). The van der Waals surface area contributed by atoms with Gasteiger partial charge in [-0.25, -0.2) is 4.99 Å². The molecule has 1 unspecified atom stereocenters. The van der Waals surface area contributed by atoms with E-state index in [1.807, 2.05) is 0 Å². The molecule has 0 bridgehead atoms. The number of nitrogens with one attached hydrogen (secondary N) is 1. The highest BCUT2D eigenvalue weighted by Crippen LogP contribution is 2.25. The van der Waals surface area contributed by atoms with Crippen molar-refractivity contribution in [1.29, 1.82) is 0 Å². The molecule has 134 valence electrons. The largest absolute Gasteiger partial charge is 0.370 e. The van der Waals surface area contributed by atoms with Crippen molar-refractivity contribution in [3.8, 4) is 0 Å². The van der Waals surface area contributed by atoms with Crippen molar-refractivity contribution in [2.45, 2.75) is 33.4 Å². The molecular weight excluding hydrogens is 318 g/mol. The van der Waals surface area contributed by atoms with Crippen LogP contribution in [0.15, 0.2) is 33.8 Å². The fourth-order valence-corrected chi connectivity index (χ4v) is 2.95. The molecule has 0 saturated carbocycles. The van der Waals surface area contributed by atoms with Gasteiger partial charge in [0.05, 0.1) is 13.2 Å². The summed E-state index contributed by atoms with van der Waals surface area (Å²) in [4.78, 5) is 11.1. The normalized spacial score (nSPS) is 18.4.